The molecule has 1 unspecified atom stereocenters. The molecule has 80 valence electrons. The molecule has 0 fully saturated rings. The minimum atomic E-state index is 0.422. The Morgan fingerprint density at radius 3 is 2.87 bits per heavy atom. The molecule has 0 aliphatic heterocycles. The Labute approximate surface area is 98.0 Å². The van der Waals surface area contributed by atoms with E-state index in [4.69, 9.17) is 0 Å². The first kappa shape index (κ1) is 10.8. The van der Waals surface area contributed by atoms with E-state index in [0.29, 0.717) is 6.04 Å². The van der Waals surface area contributed by atoms with Crippen LogP contribution in [0.3, 0.4) is 0 Å². The molecule has 0 aromatic carbocycles. The van der Waals surface area contributed by atoms with Gasteiger partial charge in [-0.15, -0.1) is 22.7 Å². The number of aryl methyl sites for hydroxylation is 1. The first-order chi connectivity index (χ1) is 7.31. The molecule has 0 aliphatic carbocycles. The summed E-state index contributed by atoms with van der Waals surface area (Å²) in [6.07, 6.45) is 2.99. The Kier molecular flexibility index (Phi) is 3.51. The minimum absolute atomic E-state index is 0.422. The van der Waals surface area contributed by atoms with Crippen LogP contribution >= 0.6 is 22.7 Å². The molecule has 0 saturated carbocycles. The lowest BCUT2D eigenvalue weighted by Gasteiger charge is -2.14. The van der Waals surface area contributed by atoms with Gasteiger partial charge in [-0.1, -0.05) is 0 Å². The van der Waals surface area contributed by atoms with Crippen molar-refractivity contribution in [3.63, 3.8) is 0 Å². The van der Waals surface area contributed by atoms with Crippen LogP contribution in [0, 0.1) is 6.92 Å². The topological polar surface area (TPSA) is 24.9 Å². The van der Waals surface area contributed by atoms with Gasteiger partial charge < -0.3 is 5.32 Å². The first-order valence-corrected chi connectivity index (χ1v) is 6.66. The fourth-order valence-corrected chi connectivity index (χ4v) is 3.29. The molecule has 2 rings (SSSR count). The molecule has 0 aliphatic rings. The molecule has 4 heteroatoms. The average molecular weight is 238 g/mol. The fraction of sp³-hybridized carbons (Fsp3) is 0.364. The highest BCUT2D eigenvalue weighted by molar-refractivity contribution is 7.10. The Morgan fingerprint density at radius 2 is 2.33 bits per heavy atom. The van der Waals surface area contributed by atoms with Crippen LogP contribution in [0.2, 0.25) is 0 Å². The van der Waals surface area contributed by atoms with Gasteiger partial charge in [0, 0.05) is 28.4 Å². The van der Waals surface area contributed by atoms with Gasteiger partial charge in [-0.25, -0.2) is 0 Å². The monoisotopic (exact) mass is 238 g/mol. The molecule has 1 N–H and O–H groups in total. The van der Waals surface area contributed by atoms with Gasteiger partial charge in [0.2, 0.25) is 0 Å². The largest absolute Gasteiger partial charge is 0.312 e. The Bertz CT molecular complexity index is 406. The molecule has 15 heavy (non-hydrogen) atoms. The van der Waals surface area contributed by atoms with E-state index in [1.165, 1.54) is 15.3 Å². The molecular formula is C11H14N2S2. The summed E-state index contributed by atoms with van der Waals surface area (Å²) >= 11 is 3.55. The zero-order valence-corrected chi connectivity index (χ0v) is 10.5. The van der Waals surface area contributed by atoms with Crippen LogP contribution in [0.4, 0.5) is 0 Å². The lowest BCUT2D eigenvalue weighted by atomic mass is 10.1. The summed E-state index contributed by atoms with van der Waals surface area (Å²) < 4.78 is 0. The summed E-state index contributed by atoms with van der Waals surface area (Å²) in [5.74, 6) is 0. The number of hydrogen-bond acceptors (Lipinski definition) is 4. The third kappa shape index (κ3) is 2.45. The molecule has 0 spiro atoms. The predicted molar refractivity (Wildman–Crippen MR) is 66.7 cm³/mol. The normalized spacial score (nSPS) is 12.9. The van der Waals surface area contributed by atoms with Crippen LogP contribution < -0.4 is 5.32 Å². The van der Waals surface area contributed by atoms with Crippen molar-refractivity contribution in [3.05, 3.63) is 38.5 Å². The van der Waals surface area contributed by atoms with Crippen molar-refractivity contribution in [1.82, 2.24) is 10.3 Å². The van der Waals surface area contributed by atoms with Crippen molar-refractivity contribution < 1.29 is 0 Å². The maximum atomic E-state index is 4.11. The number of nitrogens with zero attached hydrogens (tertiary/aromatic N) is 1. The van der Waals surface area contributed by atoms with E-state index in [2.05, 4.69) is 28.7 Å². The van der Waals surface area contributed by atoms with E-state index < -0.39 is 0 Å². The summed E-state index contributed by atoms with van der Waals surface area (Å²) in [6, 6.07) is 2.60. The Hall–Kier alpha value is -0.710. The number of hydrogen-bond donors (Lipinski definition) is 1. The van der Waals surface area contributed by atoms with Gasteiger partial charge >= 0.3 is 0 Å². The molecule has 0 radical (unpaired) electrons. The zero-order valence-electron chi connectivity index (χ0n) is 8.86. The molecule has 1 atom stereocenters. The molecule has 2 nitrogen and oxygen atoms in total. The highest BCUT2D eigenvalue weighted by atomic mass is 32.1. The number of rotatable bonds is 4. The third-order valence-corrected chi connectivity index (χ3v) is 4.39. The first-order valence-electron chi connectivity index (χ1n) is 4.90. The van der Waals surface area contributed by atoms with Crippen molar-refractivity contribution in [2.75, 3.05) is 7.05 Å². The van der Waals surface area contributed by atoms with Gasteiger partial charge in [0.05, 0.1) is 5.51 Å². The number of likely N-dealkylation sites (N-methyl/N-ethyl adjacent to an activating group) is 1. The number of nitrogens with one attached hydrogen (secondary N) is 1. The summed E-state index contributed by atoms with van der Waals surface area (Å²) in [7, 11) is 2.02. The van der Waals surface area contributed by atoms with Crippen LogP contribution in [0.5, 0.6) is 0 Å². The number of aromatic nitrogens is 1. The zero-order chi connectivity index (χ0) is 10.7. The fourth-order valence-electron chi connectivity index (χ4n) is 1.61. The van der Waals surface area contributed by atoms with Crippen molar-refractivity contribution in [2.24, 2.45) is 0 Å². The van der Waals surface area contributed by atoms with Crippen molar-refractivity contribution >= 4 is 22.7 Å². The minimum Gasteiger partial charge on any atom is -0.312 e. The highest BCUT2D eigenvalue weighted by Crippen LogP contribution is 2.27. The molecular weight excluding hydrogens is 224 g/mol. The SMILES string of the molecule is CNC(Cc1cncs1)c1sccc1C. The van der Waals surface area contributed by atoms with Crippen molar-refractivity contribution in [2.45, 2.75) is 19.4 Å². The van der Waals surface area contributed by atoms with Crippen LogP contribution in [0.25, 0.3) is 0 Å². The number of thiazole rings is 1. The maximum Gasteiger partial charge on any atom is 0.0794 e. The molecule has 2 aromatic rings. The van der Waals surface area contributed by atoms with Gasteiger partial charge in [-0.05, 0) is 31.0 Å². The second-order valence-corrected chi connectivity index (χ2v) is 5.40. The van der Waals surface area contributed by atoms with E-state index in [9.17, 15) is 0 Å². The second-order valence-electron chi connectivity index (χ2n) is 3.48. The van der Waals surface area contributed by atoms with Gasteiger partial charge in [-0.3, -0.25) is 4.98 Å². The molecule has 2 heterocycles. The molecule has 0 saturated heterocycles. The molecule has 0 amide bonds. The van der Waals surface area contributed by atoms with Crippen molar-refractivity contribution in [3.8, 4) is 0 Å². The summed E-state index contributed by atoms with van der Waals surface area (Å²) in [4.78, 5) is 6.88. The van der Waals surface area contributed by atoms with E-state index in [1.54, 1.807) is 11.3 Å². The maximum absolute atomic E-state index is 4.11. The Morgan fingerprint density at radius 1 is 1.47 bits per heavy atom. The average Bonchev–Trinajstić information content (AvgIpc) is 2.85. The van der Waals surface area contributed by atoms with Gasteiger partial charge in [-0.2, -0.15) is 0 Å². The quantitative estimate of drug-likeness (QED) is 0.885. The molecule has 2 aromatic heterocycles. The smallest absolute Gasteiger partial charge is 0.0794 e. The van der Waals surface area contributed by atoms with E-state index in [1.807, 2.05) is 30.1 Å². The van der Waals surface area contributed by atoms with Gasteiger partial charge in [0.15, 0.2) is 0 Å². The Balaban J connectivity index is 2.15. The summed E-state index contributed by atoms with van der Waals surface area (Å²) in [6.45, 7) is 2.17. The van der Waals surface area contributed by atoms with Crippen LogP contribution in [-0.2, 0) is 6.42 Å². The lowest BCUT2D eigenvalue weighted by Crippen LogP contribution is -2.17. The standard InChI is InChI=1S/C11H14N2S2/c1-8-3-4-14-11(8)10(12-2)5-9-6-13-7-15-9/h3-4,6-7,10,12H,5H2,1-2H3. The second kappa shape index (κ2) is 4.88. The van der Waals surface area contributed by atoms with Crippen LogP contribution in [0.15, 0.2) is 23.2 Å². The van der Waals surface area contributed by atoms with Crippen molar-refractivity contribution in [1.29, 1.82) is 0 Å². The van der Waals surface area contributed by atoms with Gasteiger partial charge in [0.1, 0.15) is 0 Å². The number of thiophene rings is 1. The summed E-state index contributed by atoms with van der Waals surface area (Å²) in [5.41, 5.74) is 3.27. The highest BCUT2D eigenvalue weighted by Gasteiger charge is 2.14. The van der Waals surface area contributed by atoms with Gasteiger partial charge in [0.25, 0.3) is 0 Å². The van der Waals surface area contributed by atoms with E-state index in [-0.39, 0.29) is 0 Å². The van der Waals surface area contributed by atoms with Crippen LogP contribution in [-0.4, -0.2) is 12.0 Å². The lowest BCUT2D eigenvalue weighted by molar-refractivity contribution is 0.603. The van der Waals surface area contributed by atoms with E-state index >= 15 is 0 Å². The van der Waals surface area contributed by atoms with E-state index in [0.717, 1.165) is 6.42 Å². The van der Waals surface area contributed by atoms with Crippen LogP contribution in [0.1, 0.15) is 21.4 Å². The third-order valence-electron chi connectivity index (χ3n) is 2.46. The predicted octanol–water partition coefficient (Wildman–Crippen LogP) is 3.02. The molecule has 0 bridgehead atoms. The summed E-state index contributed by atoms with van der Waals surface area (Å²) in [5, 5.41) is 5.53.